The van der Waals surface area contributed by atoms with Crippen molar-refractivity contribution in [3.63, 3.8) is 0 Å². The van der Waals surface area contributed by atoms with Crippen molar-refractivity contribution in [1.29, 1.82) is 0 Å². The lowest BCUT2D eigenvalue weighted by Crippen LogP contribution is -2.41. The van der Waals surface area contributed by atoms with Crippen LogP contribution in [-0.2, 0) is 4.79 Å². The Balaban J connectivity index is 1.84. The van der Waals surface area contributed by atoms with Gasteiger partial charge in [0.25, 0.3) is 0 Å². The Morgan fingerprint density at radius 3 is 3.06 bits per heavy atom. The standard InChI is InChI=1S/C12H23N3O/c1-12(11(16)13-2)5-7-15(9-12)8-10-4-3-6-14-10/h10,14H,3-9H2,1-2H3,(H,13,16)/t10-,12?/m1/s1. The molecule has 2 atom stereocenters. The number of amides is 1. The largest absolute Gasteiger partial charge is 0.359 e. The Kier molecular flexibility index (Phi) is 3.50. The van der Waals surface area contributed by atoms with E-state index in [0.29, 0.717) is 6.04 Å². The summed E-state index contributed by atoms with van der Waals surface area (Å²) in [6.07, 6.45) is 3.57. The van der Waals surface area contributed by atoms with Crippen molar-refractivity contribution < 1.29 is 4.79 Å². The number of rotatable bonds is 3. The summed E-state index contributed by atoms with van der Waals surface area (Å²) < 4.78 is 0. The summed E-state index contributed by atoms with van der Waals surface area (Å²) in [7, 11) is 1.73. The highest BCUT2D eigenvalue weighted by Crippen LogP contribution is 2.30. The van der Waals surface area contributed by atoms with Gasteiger partial charge >= 0.3 is 0 Å². The second kappa shape index (κ2) is 4.72. The van der Waals surface area contributed by atoms with Crippen molar-refractivity contribution in [2.75, 3.05) is 33.2 Å². The molecule has 2 rings (SSSR count). The molecule has 4 heteroatoms. The Hall–Kier alpha value is -0.610. The van der Waals surface area contributed by atoms with Gasteiger partial charge < -0.3 is 15.5 Å². The van der Waals surface area contributed by atoms with Crippen LogP contribution in [0.3, 0.4) is 0 Å². The van der Waals surface area contributed by atoms with Gasteiger partial charge in [-0.25, -0.2) is 0 Å². The van der Waals surface area contributed by atoms with E-state index < -0.39 is 0 Å². The Labute approximate surface area is 97.8 Å². The maximum atomic E-state index is 11.8. The quantitative estimate of drug-likeness (QED) is 0.721. The molecular weight excluding hydrogens is 202 g/mol. The highest BCUT2D eigenvalue weighted by Gasteiger charge is 2.40. The van der Waals surface area contributed by atoms with Crippen molar-refractivity contribution in [2.45, 2.75) is 32.2 Å². The summed E-state index contributed by atoms with van der Waals surface area (Å²) in [4.78, 5) is 14.2. The minimum atomic E-state index is -0.173. The fraction of sp³-hybridized carbons (Fsp3) is 0.917. The van der Waals surface area contributed by atoms with Gasteiger partial charge in [-0.05, 0) is 39.3 Å². The van der Waals surface area contributed by atoms with E-state index >= 15 is 0 Å². The van der Waals surface area contributed by atoms with Crippen LogP contribution in [0.15, 0.2) is 0 Å². The lowest BCUT2D eigenvalue weighted by atomic mass is 9.89. The number of carbonyl (C=O) groups is 1. The molecule has 1 unspecified atom stereocenters. The third-order valence-corrected chi connectivity index (χ3v) is 3.97. The molecule has 2 N–H and O–H groups in total. The van der Waals surface area contributed by atoms with Gasteiger partial charge in [0.05, 0.1) is 5.41 Å². The van der Waals surface area contributed by atoms with Crippen LogP contribution in [-0.4, -0.2) is 50.1 Å². The maximum Gasteiger partial charge on any atom is 0.227 e. The fourth-order valence-electron chi connectivity index (χ4n) is 2.92. The van der Waals surface area contributed by atoms with Crippen molar-refractivity contribution >= 4 is 5.91 Å². The summed E-state index contributed by atoms with van der Waals surface area (Å²) in [6, 6.07) is 0.645. The number of hydrogen-bond donors (Lipinski definition) is 2. The Morgan fingerprint density at radius 1 is 1.62 bits per heavy atom. The fourth-order valence-corrected chi connectivity index (χ4v) is 2.92. The second-order valence-corrected chi connectivity index (χ2v) is 5.42. The normalized spacial score (nSPS) is 35.5. The van der Waals surface area contributed by atoms with E-state index in [1.54, 1.807) is 7.05 Å². The van der Waals surface area contributed by atoms with Gasteiger partial charge in [0.2, 0.25) is 5.91 Å². The topological polar surface area (TPSA) is 44.4 Å². The van der Waals surface area contributed by atoms with E-state index in [9.17, 15) is 4.79 Å². The first-order valence-electron chi connectivity index (χ1n) is 6.32. The van der Waals surface area contributed by atoms with Crippen molar-refractivity contribution in [2.24, 2.45) is 5.41 Å². The monoisotopic (exact) mass is 225 g/mol. The minimum Gasteiger partial charge on any atom is -0.359 e. The third kappa shape index (κ3) is 2.38. The smallest absolute Gasteiger partial charge is 0.227 e. The molecule has 2 aliphatic heterocycles. The molecule has 0 radical (unpaired) electrons. The first-order valence-corrected chi connectivity index (χ1v) is 6.32. The average Bonchev–Trinajstić information content (AvgIpc) is 2.89. The van der Waals surface area contributed by atoms with Gasteiger partial charge in [-0.1, -0.05) is 0 Å². The number of hydrogen-bond acceptors (Lipinski definition) is 3. The zero-order valence-electron chi connectivity index (χ0n) is 10.4. The van der Waals surface area contributed by atoms with Crippen LogP contribution in [0.25, 0.3) is 0 Å². The van der Waals surface area contributed by atoms with Gasteiger partial charge in [0, 0.05) is 26.2 Å². The van der Waals surface area contributed by atoms with Crippen LogP contribution >= 0.6 is 0 Å². The molecule has 0 aromatic carbocycles. The Morgan fingerprint density at radius 2 is 2.44 bits per heavy atom. The van der Waals surface area contributed by atoms with Gasteiger partial charge in [0.1, 0.15) is 0 Å². The van der Waals surface area contributed by atoms with E-state index in [4.69, 9.17) is 0 Å². The van der Waals surface area contributed by atoms with Gasteiger partial charge in [-0.3, -0.25) is 4.79 Å². The van der Waals surface area contributed by atoms with Crippen LogP contribution in [0.1, 0.15) is 26.2 Å². The first kappa shape index (κ1) is 11.9. The van der Waals surface area contributed by atoms with E-state index in [-0.39, 0.29) is 11.3 Å². The van der Waals surface area contributed by atoms with Crippen molar-refractivity contribution in [1.82, 2.24) is 15.5 Å². The molecule has 0 aliphatic carbocycles. The van der Waals surface area contributed by atoms with Gasteiger partial charge in [-0.2, -0.15) is 0 Å². The van der Waals surface area contributed by atoms with Crippen molar-refractivity contribution in [3.05, 3.63) is 0 Å². The maximum absolute atomic E-state index is 11.8. The second-order valence-electron chi connectivity index (χ2n) is 5.42. The summed E-state index contributed by atoms with van der Waals surface area (Å²) in [5, 5.41) is 6.29. The lowest BCUT2D eigenvalue weighted by molar-refractivity contribution is -0.129. The number of nitrogens with one attached hydrogen (secondary N) is 2. The summed E-state index contributed by atoms with van der Waals surface area (Å²) in [5.41, 5.74) is -0.173. The van der Waals surface area contributed by atoms with Crippen LogP contribution in [0.2, 0.25) is 0 Å². The molecule has 2 heterocycles. The van der Waals surface area contributed by atoms with Crippen LogP contribution in [0.4, 0.5) is 0 Å². The number of carbonyl (C=O) groups excluding carboxylic acids is 1. The molecule has 16 heavy (non-hydrogen) atoms. The van der Waals surface area contributed by atoms with E-state index in [1.807, 2.05) is 0 Å². The molecule has 2 aliphatic rings. The van der Waals surface area contributed by atoms with E-state index in [1.165, 1.54) is 12.8 Å². The van der Waals surface area contributed by atoms with Crippen molar-refractivity contribution in [3.8, 4) is 0 Å². The minimum absolute atomic E-state index is 0.173. The SMILES string of the molecule is CNC(=O)C1(C)CCN(C[C@H]2CCCN2)C1. The molecule has 0 spiro atoms. The van der Waals surface area contributed by atoms with E-state index in [0.717, 1.165) is 32.6 Å². The predicted octanol–water partition coefficient (Wildman–Crippen LogP) is 0.196. The molecule has 0 saturated carbocycles. The summed E-state index contributed by atoms with van der Waals surface area (Å²) >= 11 is 0. The zero-order chi connectivity index (χ0) is 11.6. The van der Waals surface area contributed by atoms with Crippen LogP contribution in [0, 0.1) is 5.41 Å². The van der Waals surface area contributed by atoms with Gasteiger partial charge in [0.15, 0.2) is 0 Å². The summed E-state index contributed by atoms with van der Waals surface area (Å²) in [5.74, 6) is 0.189. The lowest BCUT2D eigenvalue weighted by Gasteiger charge is -2.24. The van der Waals surface area contributed by atoms with Gasteiger partial charge in [-0.15, -0.1) is 0 Å². The molecule has 1 amide bonds. The molecule has 2 fully saturated rings. The van der Waals surface area contributed by atoms with Crippen LogP contribution < -0.4 is 10.6 Å². The molecular formula is C12H23N3O. The predicted molar refractivity (Wildman–Crippen MR) is 64.3 cm³/mol. The van der Waals surface area contributed by atoms with E-state index in [2.05, 4.69) is 22.5 Å². The highest BCUT2D eigenvalue weighted by atomic mass is 16.2. The van der Waals surface area contributed by atoms with Crippen LogP contribution in [0.5, 0.6) is 0 Å². The molecule has 92 valence electrons. The number of nitrogens with zero attached hydrogens (tertiary/aromatic N) is 1. The average molecular weight is 225 g/mol. The first-order chi connectivity index (χ1) is 7.64. The molecule has 2 saturated heterocycles. The molecule has 0 bridgehead atoms. The molecule has 0 aromatic rings. The highest BCUT2D eigenvalue weighted by molar-refractivity contribution is 5.82. The Bertz CT molecular complexity index is 263. The third-order valence-electron chi connectivity index (χ3n) is 3.97. The summed E-state index contributed by atoms with van der Waals surface area (Å²) in [6.45, 7) is 6.30. The molecule has 0 aromatic heterocycles. The number of likely N-dealkylation sites (tertiary alicyclic amines) is 1. The molecule has 4 nitrogen and oxygen atoms in total. The zero-order valence-corrected chi connectivity index (χ0v) is 10.4.